The predicted octanol–water partition coefficient (Wildman–Crippen LogP) is 5.53. The lowest BCUT2D eigenvalue weighted by Gasteiger charge is -2.10. The Morgan fingerprint density at radius 1 is 0.867 bits per heavy atom. The number of hydrogen-bond acceptors (Lipinski definition) is 6. The zero-order valence-electron chi connectivity index (χ0n) is 15.7. The van der Waals surface area contributed by atoms with Gasteiger partial charge in [0.1, 0.15) is 23.1 Å². The van der Waals surface area contributed by atoms with Crippen LogP contribution in [0.5, 0.6) is 17.2 Å². The van der Waals surface area contributed by atoms with Crippen LogP contribution in [-0.2, 0) is 4.57 Å². The lowest BCUT2D eigenvalue weighted by molar-refractivity contribution is 0.387. The summed E-state index contributed by atoms with van der Waals surface area (Å²) in [5, 5.41) is 3.96. The van der Waals surface area contributed by atoms with Crippen LogP contribution < -0.4 is 9.26 Å². The summed E-state index contributed by atoms with van der Waals surface area (Å²) in [6, 6.07) is 19.2. The molecule has 30 heavy (non-hydrogen) atoms. The molecule has 1 unspecified atom stereocenters. The highest BCUT2D eigenvalue weighted by Crippen LogP contribution is 2.38. The van der Waals surface area contributed by atoms with E-state index in [1.54, 1.807) is 60.7 Å². The summed E-state index contributed by atoms with van der Waals surface area (Å²) in [6.07, 6.45) is 0. The Balaban J connectivity index is 1.44. The van der Waals surface area contributed by atoms with Crippen molar-refractivity contribution in [2.45, 2.75) is 0 Å². The molecule has 0 saturated carbocycles. The fourth-order valence-electron chi connectivity index (χ4n) is 2.62. The smallest absolute Gasteiger partial charge is 0.373 e. The van der Waals surface area contributed by atoms with Crippen molar-refractivity contribution in [1.82, 2.24) is 10.1 Å². The Labute approximate surface area is 171 Å². The molecule has 1 atom stereocenters. The maximum Gasteiger partial charge on any atom is 0.373 e. The number of aromatic nitrogens is 2. The molecule has 0 fully saturated rings. The van der Waals surface area contributed by atoms with Crippen LogP contribution in [-0.4, -0.2) is 21.7 Å². The average Bonchev–Trinajstić information content (AvgIpc) is 3.20. The van der Waals surface area contributed by atoms with E-state index in [4.69, 9.17) is 13.8 Å². The number of rotatable bonds is 6. The summed E-state index contributed by atoms with van der Waals surface area (Å²) in [4.78, 5) is 13.6. The van der Waals surface area contributed by atoms with Gasteiger partial charge < -0.3 is 18.7 Å². The van der Waals surface area contributed by atoms with Crippen LogP contribution in [0.2, 0.25) is 0 Å². The molecule has 4 aromatic rings. The highest BCUT2D eigenvalue weighted by atomic mass is 31.2. The first kappa shape index (κ1) is 19.8. The van der Waals surface area contributed by atoms with E-state index in [1.165, 1.54) is 12.1 Å². The predicted molar refractivity (Wildman–Crippen MR) is 108 cm³/mol. The van der Waals surface area contributed by atoms with Crippen LogP contribution in [0.15, 0.2) is 77.3 Å². The third-order valence-corrected chi connectivity index (χ3v) is 4.51. The van der Waals surface area contributed by atoms with Crippen LogP contribution in [0.3, 0.4) is 0 Å². The Morgan fingerprint density at radius 2 is 1.40 bits per heavy atom. The molecule has 0 aliphatic rings. The number of benzene rings is 3. The minimum Gasteiger partial charge on any atom is -0.457 e. The second-order valence-electron chi connectivity index (χ2n) is 6.42. The van der Waals surface area contributed by atoms with Crippen LogP contribution in [0.1, 0.15) is 0 Å². The molecule has 1 N–H and O–H groups in total. The highest BCUT2D eigenvalue weighted by Gasteiger charge is 2.12. The van der Waals surface area contributed by atoms with Gasteiger partial charge in [-0.2, -0.15) is 4.98 Å². The van der Waals surface area contributed by atoms with Crippen molar-refractivity contribution in [3.8, 4) is 40.1 Å². The summed E-state index contributed by atoms with van der Waals surface area (Å²) < 4.78 is 40.3. The largest absolute Gasteiger partial charge is 0.457 e. The van der Waals surface area contributed by atoms with Crippen molar-refractivity contribution < 1.29 is 27.6 Å². The van der Waals surface area contributed by atoms with Gasteiger partial charge in [-0.05, 0) is 72.8 Å². The normalized spacial score (nSPS) is 12.9. The third kappa shape index (κ3) is 4.92. The van der Waals surface area contributed by atoms with Gasteiger partial charge in [-0.1, -0.05) is 5.16 Å². The first-order valence-corrected chi connectivity index (χ1v) is 10.9. The van der Waals surface area contributed by atoms with Gasteiger partial charge in [0.15, 0.2) is 0 Å². The molecule has 1 heterocycles. The van der Waals surface area contributed by atoms with Crippen LogP contribution in [0, 0.1) is 5.82 Å². The lowest BCUT2D eigenvalue weighted by atomic mass is 10.2. The maximum absolute atomic E-state index is 13.0. The third-order valence-electron chi connectivity index (χ3n) is 3.96. The van der Waals surface area contributed by atoms with Gasteiger partial charge in [0, 0.05) is 17.8 Å². The van der Waals surface area contributed by atoms with E-state index in [9.17, 15) is 13.8 Å². The van der Waals surface area contributed by atoms with Gasteiger partial charge in [-0.3, -0.25) is 0 Å². The second-order valence-corrected chi connectivity index (χ2v) is 8.21. The van der Waals surface area contributed by atoms with Crippen molar-refractivity contribution in [2.24, 2.45) is 0 Å². The van der Waals surface area contributed by atoms with Gasteiger partial charge in [0.25, 0.3) is 5.89 Å². The molecule has 9 heteroatoms. The molecule has 0 radical (unpaired) electrons. The van der Waals surface area contributed by atoms with Crippen LogP contribution in [0.25, 0.3) is 22.8 Å². The van der Waals surface area contributed by atoms with Gasteiger partial charge in [0.2, 0.25) is 5.82 Å². The Hall–Kier alpha value is -3.48. The van der Waals surface area contributed by atoms with Gasteiger partial charge in [-0.25, -0.2) is 8.96 Å². The van der Waals surface area contributed by atoms with E-state index in [2.05, 4.69) is 10.1 Å². The number of nitrogens with zero attached hydrogens (tertiary/aromatic N) is 2. The molecular weight excluding hydrogens is 410 g/mol. The first-order chi connectivity index (χ1) is 14.4. The molecule has 0 bridgehead atoms. The van der Waals surface area contributed by atoms with Gasteiger partial charge in [0.05, 0.1) is 0 Å². The molecule has 152 valence electrons. The summed E-state index contributed by atoms with van der Waals surface area (Å²) >= 11 is 0. The van der Waals surface area contributed by atoms with Crippen molar-refractivity contribution in [3.05, 3.63) is 78.6 Å². The second kappa shape index (κ2) is 8.10. The van der Waals surface area contributed by atoms with E-state index >= 15 is 0 Å². The first-order valence-electron chi connectivity index (χ1n) is 8.84. The van der Waals surface area contributed by atoms with Crippen LogP contribution >= 0.6 is 7.60 Å². The van der Waals surface area contributed by atoms with Crippen molar-refractivity contribution in [1.29, 1.82) is 0 Å². The topological polar surface area (TPSA) is 94.7 Å². The SMILES string of the molecule is CP(=O)(O)Oc1ccc(Oc2ccc(-c3noc(-c4ccc(F)cc4)n3)cc2)cc1. The van der Waals surface area contributed by atoms with E-state index in [-0.39, 0.29) is 11.6 Å². The summed E-state index contributed by atoms with van der Waals surface area (Å²) in [5.41, 5.74) is 1.35. The molecular formula is C21H16FN2O5P. The fraction of sp³-hybridized carbons (Fsp3) is 0.0476. The number of ether oxygens (including phenoxy) is 1. The van der Waals surface area contributed by atoms with Crippen molar-refractivity contribution in [3.63, 3.8) is 0 Å². The minimum atomic E-state index is -3.60. The molecule has 3 aromatic carbocycles. The Kier molecular flexibility index (Phi) is 5.35. The zero-order chi connectivity index (χ0) is 21.1. The molecule has 1 aromatic heterocycles. The summed E-state index contributed by atoms with van der Waals surface area (Å²) in [6.45, 7) is 1.12. The van der Waals surface area contributed by atoms with E-state index < -0.39 is 7.60 Å². The Bertz CT molecular complexity index is 1190. The molecule has 0 aliphatic heterocycles. The fourth-order valence-corrected chi connectivity index (χ4v) is 3.14. The molecule has 0 saturated heterocycles. The van der Waals surface area contributed by atoms with E-state index in [0.29, 0.717) is 28.8 Å². The molecule has 0 amide bonds. The zero-order valence-corrected chi connectivity index (χ0v) is 16.6. The maximum atomic E-state index is 13.0. The van der Waals surface area contributed by atoms with E-state index in [1.807, 2.05) is 0 Å². The number of halogens is 1. The van der Waals surface area contributed by atoms with Crippen molar-refractivity contribution in [2.75, 3.05) is 6.66 Å². The summed E-state index contributed by atoms with van der Waals surface area (Å²) in [5.74, 6) is 1.76. The van der Waals surface area contributed by atoms with Crippen molar-refractivity contribution >= 4 is 7.60 Å². The van der Waals surface area contributed by atoms with E-state index in [0.717, 1.165) is 12.2 Å². The standard InChI is InChI=1S/C21H16FN2O5P/c1-30(25,26)29-19-12-10-18(11-13-19)27-17-8-4-14(5-9-17)20-23-21(28-24-20)15-2-6-16(22)7-3-15/h2-13H,1H3,(H,25,26). The minimum absolute atomic E-state index is 0.278. The molecule has 0 spiro atoms. The molecule has 7 nitrogen and oxygen atoms in total. The van der Waals surface area contributed by atoms with Gasteiger partial charge in [-0.15, -0.1) is 0 Å². The lowest BCUT2D eigenvalue weighted by Crippen LogP contribution is -1.90. The Morgan fingerprint density at radius 3 is 2.00 bits per heavy atom. The number of hydrogen-bond donors (Lipinski definition) is 1. The quantitative estimate of drug-likeness (QED) is 0.405. The van der Waals surface area contributed by atoms with Crippen LogP contribution in [0.4, 0.5) is 4.39 Å². The average molecular weight is 426 g/mol. The molecule has 0 aliphatic carbocycles. The highest BCUT2D eigenvalue weighted by molar-refractivity contribution is 7.52. The summed E-state index contributed by atoms with van der Waals surface area (Å²) in [7, 11) is -3.60. The van der Waals surface area contributed by atoms with Gasteiger partial charge >= 0.3 is 7.60 Å². The monoisotopic (exact) mass is 426 g/mol. The molecule has 4 rings (SSSR count).